The van der Waals surface area contributed by atoms with E-state index in [1.165, 1.54) is 11.3 Å². The van der Waals surface area contributed by atoms with Crippen LogP contribution in [0.25, 0.3) is 16.4 Å². The van der Waals surface area contributed by atoms with Gasteiger partial charge in [-0.05, 0) is 23.6 Å². The number of amides is 2. The van der Waals surface area contributed by atoms with Crippen LogP contribution in [-0.2, 0) is 4.79 Å². The molecule has 0 aliphatic rings. The minimum Gasteiger partial charge on any atom is -0.354 e. The Morgan fingerprint density at radius 3 is 2.48 bits per heavy atom. The van der Waals surface area contributed by atoms with E-state index in [9.17, 15) is 9.59 Å². The third kappa shape index (κ3) is 4.59. The molecule has 0 spiro atoms. The molecule has 140 valence electrons. The molecule has 0 bridgehead atoms. The highest BCUT2D eigenvalue weighted by atomic mass is 32.1. The van der Waals surface area contributed by atoms with Crippen LogP contribution in [0.5, 0.6) is 0 Å². The van der Waals surface area contributed by atoms with Gasteiger partial charge >= 0.3 is 0 Å². The maximum atomic E-state index is 12.4. The van der Waals surface area contributed by atoms with E-state index in [1.807, 2.05) is 61.7 Å². The SMILES string of the molecule is CC(C)C(=O)NCCNC(=O)c1nc(-c2cccs2)n(-c2ccccc2)n1. The molecule has 1 aromatic carbocycles. The van der Waals surface area contributed by atoms with Gasteiger partial charge < -0.3 is 10.6 Å². The predicted molar refractivity (Wildman–Crippen MR) is 105 cm³/mol. The van der Waals surface area contributed by atoms with E-state index < -0.39 is 0 Å². The summed E-state index contributed by atoms with van der Waals surface area (Å²) < 4.78 is 1.67. The van der Waals surface area contributed by atoms with E-state index in [0.717, 1.165) is 10.6 Å². The predicted octanol–water partition coefficient (Wildman–Crippen LogP) is 2.50. The van der Waals surface area contributed by atoms with Crippen LogP contribution in [0.4, 0.5) is 0 Å². The summed E-state index contributed by atoms with van der Waals surface area (Å²) >= 11 is 1.53. The lowest BCUT2D eigenvalue weighted by molar-refractivity contribution is -0.123. The normalized spacial score (nSPS) is 10.8. The van der Waals surface area contributed by atoms with E-state index in [-0.39, 0.29) is 23.6 Å². The molecule has 0 fully saturated rings. The van der Waals surface area contributed by atoms with Crippen LogP contribution in [0.3, 0.4) is 0 Å². The van der Waals surface area contributed by atoms with E-state index in [2.05, 4.69) is 20.7 Å². The number of carbonyl (C=O) groups is 2. The topological polar surface area (TPSA) is 88.9 Å². The van der Waals surface area contributed by atoms with E-state index in [0.29, 0.717) is 18.9 Å². The van der Waals surface area contributed by atoms with Crippen molar-refractivity contribution in [1.29, 1.82) is 0 Å². The summed E-state index contributed by atoms with van der Waals surface area (Å²) in [6, 6.07) is 13.4. The smallest absolute Gasteiger partial charge is 0.291 e. The van der Waals surface area contributed by atoms with Crippen molar-refractivity contribution in [3.05, 3.63) is 53.7 Å². The molecule has 0 radical (unpaired) electrons. The molecule has 0 atom stereocenters. The fraction of sp³-hybridized carbons (Fsp3) is 0.263. The van der Waals surface area contributed by atoms with E-state index in [1.54, 1.807) is 4.68 Å². The molecule has 0 unspecified atom stereocenters. The minimum absolute atomic E-state index is 0.0456. The number of hydrogen-bond donors (Lipinski definition) is 2. The number of nitrogens with zero attached hydrogens (tertiary/aromatic N) is 3. The number of para-hydroxylation sites is 1. The highest BCUT2D eigenvalue weighted by Crippen LogP contribution is 2.25. The zero-order valence-corrected chi connectivity index (χ0v) is 16.0. The lowest BCUT2D eigenvalue weighted by atomic mass is 10.2. The van der Waals surface area contributed by atoms with Crippen molar-refractivity contribution in [2.24, 2.45) is 5.92 Å². The van der Waals surface area contributed by atoms with Gasteiger partial charge in [-0.3, -0.25) is 9.59 Å². The monoisotopic (exact) mass is 383 g/mol. The van der Waals surface area contributed by atoms with Crippen molar-refractivity contribution in [2.75, 3.05) is 13.1 Å². The zero-order chi connectivity index (χ0) is 19.2. The summed E-state index contributed by atoms with van der Waals surface area (Å²) in [5.74, 6) is 0.209. The Balaban J connectivity index is 1.74. The summed E-state index contributed by atoms with van der Waals surface area (Å²) in [4.78, 5) is 29.3. The van der Waals surface area contributed by atoms with E-state index in [4.69, 9.17) is 0 Å². The third-order valence-electron chi connectivity index (χ3n) is 3.79. The average Bonchev–Trinajstić information content (AvgIpc) is 3.34. The first-order chi connectivity index (χ1) is 13.1. The van der Waals surface area contributed by atoms with Crippen molar-refractivity contribution in [3.8, 4) is 16.4 Å². The lowest BCUT2D eigenvalue weighted by Gasteiger charge is -2.07. The number of aromatic nitrogens is 3. The first-order valence-corrected chi connectivity index (χ1v) is 9.56. The van der Waals surface area contributed by atoms with Crippen LogP contribution in [0.2, 0.25) is 0 Å². The van der Waals surface area contributed by atoms with Crippen molar-refractivity contribution in [2.45, 2.75) is 13.8 Å². The molecule has 2 amide bonds. The minimum atomic E-state index is -0.374. The summed E-state index contributed by atoms with van der Waals surface area (Å²) in [6.45, 7) is 4.31. The van der Waals surface area contributed by atoms with Crippen LogP contribution >= 0.6 is 11.3 Å². The molecule has 0 aliphatic heterocycles. The number of nitrogens with one attached hydrogen (secondary N) is 2. The maximum Gasteiger partial charge on any atom is 0.291 e. The van der Waals surface area contributed by atoms with Gasteiger partial charge in [0.1, 0.15) is 0 Å². The maximum absolute atomic E-state index is 12.4. The second-order valence-corrected chi connectivity index (χ2v) is 7.13. The zero-order valence-electron chi connectivity index (χ0n) is 15.2. The van der Waals surface area contributed by atoms with Gasteiger partial charge in [-0.1, -0.05) is 38.1 Å². The highest BCUT2D eigenvalue weighted by molar-refractivity contribution is 7.13. The number of rotatable bonds is 7. The molecule has 2 N–H and O–H groups in total. The molecule has 8 heteroatoms. The molecular formula is C19H21N5O2S. The van der Waals surface area contributed by atoms with Crippen LogP contribution in [0, 0.1) is 5.92 Å². The van der Waals surface area contributed by atoms with Crippen molar-refractivity contribution >= 4 is 23.2 Å². The summed E-state index contributed by atoms with van der Waals surface area (Å²) in [5, 5.41) is 11.8. The van der Waals surface area contributed by atoms with Gasteiger partial charge in [-0.25, -0.2) is 9.67 Å². The summed E-state index contributed by atoms with van der Waals surface area (Å²) in [7, 11) is 0. The molecule has 0 saturated carbocycles. The Hall–Kier alpha value is -3.00. The van der Waals surface area contributed by atoms with E-state index >= 15 is 0 Å². The Morgan fingerprint density at radius 2 is 1.81 bits per heavy atom. The standard InChI is InChI=1S/C19H21N5O2S/c1-13(2)18(25)20-10-11-21-19(26)16-22-17(15-9-6-12-27-15)24(23-16)14-7-4-3-5-8-14/h3-9,12-13H,10-11H2,1-2H3,(H,20,25)(H,21,26). The Labute approximate surface area is 161 Å². The van der Waals surface area contributed by atoms with Gasteiger partial charge in [0, 0.05) is 19.0 Å². The van der Waals surface area contributed by atoms with Crippen LogP contribution in [-0.4, -0.2) is 39.7 Å². The molecule has 27 heavy (non-hydrogen) atoms. The Bertz CT molecular complexity index is 904. The molecule has 0 saturated heterocycles. The second-order valence-electron chi connectivity index (χ2n) is 6.19. The molecule has 0 aliphatic carbocycles. The molecule has 2 heterocycles. The molecular weight excluding hydrogens is 362 g/mol. The first kappa shape index (κ1) is 18.8. The van der Waals surface area contributed by atoms with Crippen LogP contribution < -0.4 is 10.6 Å². The average molecular weight is 383 g/mol. The van der Waals surface area contributed by atoms with Gasteiger partial charge in [-0.15, -0.1) is 16.4 Å². The first-order valence-electron chi connectivity index (χ1n) is 8.68. The molecule has 3 rings (SSSR count). The fourth-order valence-corrected chi connectivity index (χ4v) is 3.07. The number of carbonyl (C=O) groups excluding carboxylic acids is 2. The van der Waals surface area contributed by atoms with Crippen LogP contribution in [0.1, 0.15) is 24.5 Å². The molecule has 2 aromatic heterocycles. The Morgan fingerprint density at radius 1 is 1.07 bits per heavy atom. The van der Waals surface area contributed by atoms with Crippen molar-refractivity contribution in [1.82, 2.24) is 25.4 Å². The quantitative estimate of drug-likeness (QED) is 0.614. The van der Waals surface area contributed by atoms with Crippen molar-refractivity contribution < 1.29 is 9.59 Å². The number of hydrogen-bond acceptors (Lipinski definition) is 5. The Kier molecular flexibility index (Phi) is 5.97. The number of thiophene rings is 1. The van der Waals surface area contributed by atoms with Gasteiger partial charge in [0.05, 0.1) is 10.6 Å². The summed E-state index contributed by atoms with van der Waals surface area (Å²) in [5.41, 5.74) is 0.830. The number of benzene rings is 1. The summed E-state index contributed by atoms with van der Waals surface area (Å²) in [6.07, 6.45) is 0. The third-order valence-corrected chi connectivity index (χ3v) is 4.65. The second kappa shape index (κ2) is 8.59. The van der Waals surface area contributed by atoms with Gasteiger partial charge in [0.2, 0.25) is 11.7 Å². The highest BCUT2D eigenvalue weighted by Gasteiger charge is 2.19. The van der Waals surface area contributed by atoms with Gasteiger partial charge in [0.25, 0.3) is 5.91 Å². The molecule has 7 nitrogen and oxygen atoms in total. The lowest BCUT2D eigenvalue weighted by Crippen LogP contribution is -2.36. The van der Waals surface area contributed by atoms with Crippen LogP contribution in [0.15, 0.2) is 47.8 Å². The largest absolute Gasteiger partial charge is 0.354 e. The molecule has 3 aromatic rings. The fourth-order valence-electron chi connectivity index (χ4n) is 2.37. The van der Waals surface area contributed by atoms with Gasteiger partial charge in [-0.2, -0.15) is 0 Å². The van der Waals surface area contributed by atoms with Gasteiger partial charge in [0.15, 0.2) is 5.82 Å². The van der Waals surface area contributed by atoms with Crippen molar-refractivity contribution in [3.63, 3.8) is 0 Å².